The van der Waals surface area contributed by atoms with E-state index in [1.165, 1.54) is 11.8 Å². The number of thiophene rings is 1. The molecule has 0 N–H and O–H groups in total. The van der Waals surface area contributed by atoms with Crippen LogP contribution >= 0.6 is 23.1 Å². The van der Waals surface area contributed by atoms with Gasteiger partial charge in [0.25, 0.3) is 0 Å². The summed E-state index contributed by atoms with van der Waals surface area (Å²) in [4.78, 5) is 26.8. The largest absolute Gasteiger partial charge is 0.342 e. The van der Waals surface area contributed by atoms with E-state index in [4.69, 9.17) is 0 Å². The molecular weight excluding hydrogens is 404 g/mol. The first-order valence-corrected chi connectivity index (χ1v) is 11.3. The third-order valence-corrected chi connectivity index (χ3v) is 6.69. The number of benzene rings is 1. The summed E-state index contributed by atoms with van der Waals surface area (Å²) in [5, 5.41) is 11.6. The minimum atomic E-state index is 0.0169. The van der Waals surface area contributed by atoms with Gasteiger partial charge >= 0.3 is 0 Å². The highest BCUT2D eigenvalue weighted by molar-refractivity contribution is 7.99. The van der Waals surface area contributed by atoms with E-state index >= 15 is 0 Å². The van der Waals surface area contributed by atoms with Crippen LogP contribution in [0.2, 0.25) is 0 Å². The van der Waals surface area contributed by atoms with Gasteiger partial charge < -0.3 is 4.90 Å². The van der Waals surface area contributed by atoms with E-state index < -0.39 is 0 Å². The first-order valence-electron chi connectivity index (χ1n) is 9.48. The van der Waals surface area contributed by atoms with E-state index in [-0.39, 0.29) is 11.7 Å². The van der Waals surface area contributed by atoms with Gasteiger partial charge in [-0.05, 0) is 29.9 Å². The van der Waals surface area contributed by atoms with Gasteiger partial charge in [0.15, 0.2) is 16.8 Å². The van der Waals surface area contributed by atoms with E-state index in [0.29, 0.717) is 23.9 Å². The predicted molar refractivity (Wildman–Crippen MR) is 115 cm³/mol. The normalized spacial score (nSPS) is 13.4. The Bertz CT molecular complexity index is 1010. The Morgan fingerprint density at radius 1 is 1.21 bits per heavy atom. The minimum Gasteiger partial charge on any atom is -0.342 e. The van der Waals surface area contributed by atoms with E-state index in [1.54, 1.807) is 30.2 Å². The molecule has 0 spiro atoms. The standard InChI is InChI=1S/C21H22N4O2S2/c1-14(26)24(2)12-15-5-7-16(8-6-15)18(27)13-29-21-23-22-20(19-4-3-11-28-19)25(21)17-9-10-17/h3-8,11,17H,9-10,12-13H2,1-2H3. The van der Waals surface area contributed by atoms with Crippen LogP contribution in [0.25, 0.3) is 10.7 Å². The number of carbonyl (C=O) groups is 2. The Balaban J connectivity index is 1.42. The van der Waals surface area contributed by atoms with Crippen molar-refractivity contribution in [3.63, 3.8) is 0 Å². The van der Waals surface area contributed by atoms with Crippen molar-refractivity contribution >= 4 is 34.8 Å². The molecule has 29 heavy (non-hydrogen) atoms. The van der Waals surface area contributed by atoms with Crippen LogP contribution in [0.5, 0.6) is 0 Å². The fraction of sp³-hybridized carbons (Fsp3) is 0.333. The summed E-state index contributed by atoms with van der Waals surface area (Å²) in [6, 6.07) is 12.0. The monoisotopic (exact) mass is 426 g/mol. The molecule has 2 aromatic heterocycles. The van der Waals surface area contributed by atoms with Crippen LogP contribution in [-0.4, -0.2) is 44.2 Å². The van der Waals surface area contributed by atoms with Gasteiger partial charge in [-0.1, -0.05) is 42.1 Å². The SMILES string of the molecule is CC(=O)N(C)Cc1ccc(C(=O)CSc2nnc(-c3cccs3)n2C2CC2)cc1. The van der Waals surface area contributed by atoms with E-state index in [9.17, 15) is 9.59 Å². The number of thioether (sulfide) groups is 1. The summed E-state index contributed by atoms with van der Waals surface area (Å²) in [5.74, 6) is 1.30. The molecule has 1 aromatic carbocycles. The first kappa shape index (κ1) is 19.8. The maximum absolute atomic E-state index is 12.7. The van der Waals surface area contributed by atoms with Crippen LogP contribution < -0.4 is 0 Å². The average Bonchev–Trinajstić information content (AvgIpc) is 3.24. The number of rotatable bonds is 8. The van der Waals surface area contributed by atoms with Crippen molar-refractivity contribution in [3.05, 3.63) is 52.9 Å². The van der Waals surface area contributed by atoms with Crippen molar-refractivity contribution in [2.24, 2.45) is 0 Å². The van der Waals surface area contributed by atoms with Crippen molar-refractivity contribution in [3.8, 4) is 10.7 Å². The lowest BCUT2D eigenvalue weighted by molar-refractivity contribution is -0.128. The number of aromatic nitrogens is 3. The smallest absolute Gasteiger partial charge is 0.219 e. The second-order valence-electron chi connectivity index (χ2n) is 7.17. The Morgan fingerprint density at radius 3 is 2.59 bits per heavy atom. The molecule has 0 aliphatic heterocycles. The van der Waals surface area contributed by atoms with Crippen LogP contribution in [0.4, 0.5) is 0 Å². The van der Waals surface area contributed by atoms with Crippen LogP contribution in [-0.2, 0) is 11.3 Å². The number of hydrogen-bond acceptors (Lipinski definition) is 6. The molecule has 0 bridgehead atoms. The molecule has 1 aliphatic rings. The van der Waals surface area contributed by atoms with Crippen molar-refractivity contribution in [1.29, 1.82) is 0 Å². The molecule has 6 nitrogen and oxygen atoms in total. The Morgan fingerprint density at radius 2 is 1.97 bits per heavy atom. The highest BCUT2D eigenvalue weighted by Gasteiger charge is 2.30. The topological polar surface area (TPSA) is 68.1 Å². The molecule has 0 unspecified atom stereocenters. The molecule has 0 saturated heterocycles. The number of carbonyl (C=O) groups excluding carboxylic acids is 2. The van der Waals surface area contributed by atoms with Crippen molar-refractivity contribution < 1.29 is 9.59 Å². The lowest BCUT2D eigenvalue weighted by atomic mass is 10.1. The number of nitrogens with zero attached hydrogens (tertiary/aromatic N) is 4. The van der Waals surface area contributed by atoms with Crippen molar-refractivity contribution in [1.82, 2.24) is 19.7 Å². The molecule has 1 amide bonds. The summed E-state index contributed by atoms with van der Waals surface area (Å²) in [7, 11) is 1.76. The van der Waals surface area contributed by atoms with Gasteiger partial charge in [0.05, 0.1) is 10.6 Å². The van der Waals surface area contributed by atoms with Gasteiger partial charge in [-0.15, -0.1) is 21.5 Å². The summed E-state index contributed by atoms with van der Waals surface area (Å²) >= 11 is 3.10. The summed E-state index contributed by atoms with van der Waals surface area (Å²) in [6.45, 7) is 2.08. The number of Topliss-reactive ketones (excluding diaryl/α,β-unsaturated/α-hetero) is 1. The molecule has 150 valence electrons. The van der Waals surface area contributed by atoms with Crippen LogP contribution in [0.3, 0.4) is 0 Å². The lowest BCUT2D eigenvalue weighted by Gasteiger charge is -2.14. The molecule has 0 radical (unpaired) electrons. The number of amides is 1. The van der Waals surface area contributed by atoms with Gasteiger partial charge in [0.2, 0.25) is 5.91 Å². The van der Waals surface area contributed by atoms with Crippen LogP contribution in [0.1, 0.15) is 41.7 Å². The molecular formula is C21H22N4O2S2. The minimum absolute atomic E-state index is 0.0169. The van der Waals surface area contributed by atoms with Crippen LogP contribution in [0, 0.1) is 0 Å². The molecule has 4 rings (SSSR count). The summed E-state index contributed by atoms with van der Waals surface area (Å²) < 4.78 is 2.18. The summed E-state index contributed by atoms with van der Waals surface area (Å²) in [6.07, 6.45) is 2.27. The van der Waals surface area contributed by atoms with Gasteiger partial charge in [0, 0.05) is 32.1 Å². The predicted octanol–water partition coefficient (Wildman–Crippen LogP) is 4.29. The molecule has 1 fully saturated rings. The van der Waals surface area contributed by atoms with E-state index in [2.05, 4.69) is 20.8 Å². The van der Waals surface area contributed by atoms with E-state index in [0.717, 1.165) is 34.3 Å². The Labute approximate surface area is 177 Å². The second kappa shape index (κ2) is 8.51. The van der Waals surface area contributed by atoms with Gasteiger partial charge in [-0.3, -0.25) is 14.2 Å². The molecule has 2 heterocycles. The third-order valence-electron chi connectivity index (χ3n) is 4.88. The molecule has 3 aromatic rings. The third kappa shape index (κ3) is 4.59. The van der Waals surface area contributed by atoms with Crippen molar-refractivity contribution in [2.75, 3.05) is 12.8 Å². The number of hydrogen-bond donors (Lipinski definition) is 0. The fourth-order valence-electron chi connectivity index (χ4n) is 3.01. The van der Waals surface area contributed by atoms with E-state index in [1.807, 2.05) is 35.7 Å². The molecule has 1 aliphatic carbocycles. The maximum Gasteiger partial charge on any atom is 0.219 e. The quantitative estimate of drug-likeness (QED) is 0.397. The maximum atomic E-state index is 12.7. The highest BCUT2D eigenvalue weighted by atomic mass is 32.2. The molecule has 8 heteroatoms. The summed E-state index contributed by atoms with van der Waals surface area (Å²) in [5.41, 5.74) is 1.67. The first-order chi connectivity index (χ1) is 14.0. The fourth-order valence-corrected chi connectivity index (χ4v) is 4.61. The second-order valence-corrected chi connectivity index (χ2v) is 9.06. The van der Waals surface area contributed by atoms with Gasteiger partial charge in [-0.25, -0.2) is 0 Å². The number of ketones is 1. The average molecular weight is 427 g/mol. The van der Waals surface area contributed by atoms with Crippen LogP contribution in [0.15, 0.2) is 46.9 Å². The van der Waals surface area contributed by atoms with Crippen molar-refractivity contribution in [2.45, 2.75) is 37.5 Å². The Hall–Kier alpha value is -2.45. The zero-order chi connectivity index (χ0) is 20.4. The molecule has 1 saturated carbocycles. The zero-order valence-corrected chi connectivity index (χ0v) is 18.0. The molecule has 0 atom stereocenters. The highest BCUT2D eigenvalue weighted by Crippen LogP contribution is 2.41. The lowest BCUT2D eigenvalue weighted by Crippen LogP contribution is -2.22. The Kier molecular flexibility index (Phi) is 5.82. The van der Waals surface area contributed by atoms with Gasteiger partial charge in [0.1, 0.15) is 0 Å². The van der Waals surface area contributed by atoms with Gasteiger partial charge in [-0.2, -0.15) is 0 Å². The zero-order valence-electron chi connectivity index (χ0n) is 16.4.